The summed E-state index contributed by atoms with van der Waals surface area (Å²) < 4.78 is 62.7. The van der Waals surface area contributed by atoms with E-state index in [4.69, 9.17) is 4.74 Å². The lowest BCUT2D eigenvalue weighted by molar-refractivity contribution is -0.115. The molecule has 2 aromatic rings. The van der Waals surface area contributed by atoms with Crippen LogP contribution >= 0.6 is 0 Å². The highest BCUT2D eigenvalue weighted by atomic mass is 19.4. The quantitative estimate of drug-likeness (QED) is 0.443. The summed E-state index contributed by atoms with van der Waals surface area (Å²) in [5.74, 6) is -1.19. The van der Waals surface area contributed by atoms with Crippen LogP contribution in [0.1, 0.15) is 20.8 Å². The molecule has 0 aliphatic carbocycles. The molecule has 0 spiro atoms. The van der Waals surface area contributed by atoms with Crippen molar-refractivity contribution in [2.75, 3.05) is 54.9 Å². The van der Waals surface area contributed by atoms with Crippen molar-refractivity contribution < 1.29 is 32.2 Å². The Bertz CT molecular complexity index is 1410. The van der Waals surface area contributed by atoms with Crippen LogP contribution in [0.2, 0.25) is 0 Å². The number of rotatable bonds is 5. The highest BCUT2D eigenvalue weighted by molar-refractivity contribution is 6.09. The van der Waals surface area contributed by atoms with E-state index >= 15 is 4.39 Å². The van der Waals surface area contributed by atoms with Gasteiger partial charge in [-0.1, -0.05) is 0 Å². The van der Waals surface area contributed by atoms with Crippen LogP contribution in [0.4, 0.5) is 34.9 Å². The third-order valence-corrected chi connectivity index (χ3v) is 7.85. The Kier molecular flexibility index (Phi) is 8.63. The van der Waals surface area contributed by atoms with Crippen molar-refractivity contribution in [3.63, 3.8) is 0 Å². The molecule has 1 unspecified atom stereocenters. The number of aromatic nitrogens is 2. The van der Waals surface area contributed by atoms with E-state index in [2.05, 4.69) is 25.5 Å². The van der Waals surface area contributed by atoms with Crippen LogP contribution < -0.4 is 20.4 Å². The van der Waals surface area contributed by atoms with E-state index in [0.29, 0.717) is 56.0 Å². The number of aliphatic hydroxyl groups excluding tert-OH is 1. The largest absolute Gasteiger partial charge is 0.417 e. The molecule has 14 heteroatoms. The fraction of sp³-hybridized carbons (Fsp3) is 0.483. The Hall–Kier alpha value is -3.75. The summed E-state index contributed by atoms with van der Waals surface area (Å²) in [5, 5.41) is 14.6. The standard InChI is InChI=1S/C29H35F4N7O3/c1-16-13-39(6-5-38(16)4)25-9-23(30)20(19-10-35-28(36-11-19)40-14-17(2)43-18(3)15-40)7-24(25)37-27(42)21-12-34-26(41)8-22(21)29(31,32)33/h7-12,16-18,26,34,41H,5-6,13-15H2,1-4H3,(H,37,42)/t16-,17-,18+,26?/m0/s1. The summed E-state index contributed by atoms with van der Waals surface area (Å²) in [4.78, 5) is 28.2. The Balaban J connectivity index is 1.49. The minimum absolute atomic E-state index is 0.00840. The molecular weight excluding hydrogens is 570 g/mol. The van der Waals surface area contributed by atoms with Gasteiger partial charge in [-0.3, -0.25) is 4.79 Å². The SMILES string of the molecule is C[C@@H]1CN(c2ncc(-c3cc(NC(=O)C4=CNC(O)C=C4C(F)(F)F)c(N4CCN(C)[C@@H](C)C4)cc3F)cn2)C[C@H](C)O1. The van der Waals surface area contributed by atoms with Gasteiger partial charge in [-0.2, -0.15) is 13.2 Å². The summed E-state index contributed by atoms with van der Waals surface area (Å²) in [5.41, 5.74) is -1.10. The number of hydrogen-bond donors (Lipinski definition) is 3. The van der Waals surface area contributed by atoms with Gasteiger partial charge in [0.1, 0.15) is 12.0 Å². The molecule has 1 amide bonds. The zero-order valence-corrected chi connectivity index (χ0v) is 24.3. The van der Waals surface area contributed by atoms with Crippen LogP contribution in [0.15, 0.2) is 47.9 Å². The summed E-state index contributed by atoms with van der Waals surface area (Å²) in [6.45, 7) is 8.82. The lowest BCUT2D eigenvalue weighted by Crippen LogP contribution is -2.50. The topological polar surface area (TPSA) is 106 Å². The number of dihydropyridines is 1. The maximum absolute atomic E-state index is 15.7. The number of carbonyl (C=O) groups excluding carboxylic acids is 1. The van der Waals surface area contributed by atoms with Gasteiger partial charge in [0.25, 0.3) is 5.91 Å². The zero-order valence-electron chi connectivity index (χ0n) is 24.3. The first-order valence-corrected chi connectivity index (χ1v) is 14.1. The second-order valence-electron chi connectivity index (χ2n) is 11.3. The number of piperazine rings is 1. The molecule has 3 aliphatic rings. The number of amides is 1. The van der Waals surface area contributed by atoms with E-state index in [1.165, 1.54) is 24.5 Å². The lowest BCUT2D eigenvalue weighted by Gasteiger charge is -2.39. The Morgan fingerprint density at radius 1 is 1.07 bits per heavy atom. The number of likely N-dealkylation sites (N-methyl/N-ethyl adjacent to an activating group) is 1. The number of nitrogens with one attached hydrogen (secondary N) is 2. The smallest absolute Gasteiger partial charge is 0.372 e. The summed E-state index contributed by atoms with van der Waals surface area (Å²) in [6.07, 6.45) is -2.18. The van der Waals surface area contributed by atoms with E-state index < -0.39 is 35.3 Å². The van der Waals surface area contributed by atoms with Crippen LogP contribution in [0.25, 0.3) is 11.1 Å². The molecule has 3 aliphatic heterocycles. The van der Waals surface area contributed by atoms with Gasteiger partial charge in [0.2, 0.25) is 5.95 Å². The van der Waals surface area contributed by atoms with Crippen LogP contribution in [0, 0.1) is 5.82 Å². The van der Waals surface area contributed by atoms with Gasteiger partial charge in [0, 0.05) is 68.5 Å². The Morgan fingerprint density at radius 3 is 2.37 bits per heavy atom. The van der Waals surface area contributed by atoms with E-state index in [9.17, 15) is 23.1 Å². The van der Waals surface area contributed by atoms with Crippen molar-refractivity contribution in [3.05, 3.63) is 53.8 Å². The average Bonchev–Trinajstić information content (AvgIpc) is 2.94. The number of nitrogens with zero attached hydrogens (tertiary/aromatic N) is 5. The maximum atomic E-state index is 15.7. The Labute approximate surface area is 247 Å². The van der Waals surface area contributed by atoms with Gasteiger partial charge in [0.05, 0.1) is 34.7 Å². The molecule has 0 saturated carbocycles. The van der Waals surface area contributed by atoms with Crippen LogP contribution in [-0.2, 0) is 9.53 Å². The predicted molar refractivity (Wildman–Crippen MR) is 154 cm³/mol. The van der Waals surface area contributed by atoms with Crippen LogP contribution in [0.3, 0.4) is 0 Å². The number of anilines is 3. The number of hydrogen-bond acceptors (Lipinski definition) is 9. The van der Waals surface area contributed by atoms with E-state index in [1.54, 1.807) is 0 Å². The molecule has 0 bridgehead atoms. The van der Waals surface area contributed by atoms with E-state index in [1.807, 2.05) is 37.6 Å². The first-order valence-electron chi connectivity index (χ1n) is 14.1. The monoisotopic (exact) mass is 605 g/mol. The molecule has 3 N–H and O–H groups in total. The molecule has 43 heavy (non-hydrogen) atoms. The molecule has 4 heterocycles. The fourth-order valence-electron chi connectivity index (χ4n) is 5.54. The average molecular weight is 606 g/mol. The normalized spacial score (nSPS) is 25.1. The predicted octanol–water partition coefficient (Wildman–Crippen LogP) is 3.27. The van der Waals surface area contributed by atoms with Crippen LogP contribution in [0.5, 0.6) is 0 Å². The highest BCUT2D eigenvalue weighted by Crippen LogP contribution is 2.37. The Morgan fingerprint density at radius 2 is 1.74 bits per heavy atom. The number of carbonyl (C=O) groups is 1. The third kappa shape index (κ3) is 6.76. The van der Waals surface area contributed by atoms with Gasteiger partial charge >= 0.3 is 6.18 Å². The molecule has 1 aromatic carbocycles. The lowest BCUT2D eigenvalue weighted by atomic mass is 10.0. The highest BCUT2D eigenvalue weighted by Gasteiger charge is 2.40. The van der Waals surface area contributed by atoms with Crippen molar-refractivity contribution in [3.8, 4) is 11.1 Å². The van der Waals surface area contributed by atoms with Crippen molar-refractivity contribution in [2.24, 2.45) is 0 Å². The van der Waals surface area contributed by atoms with E-state index in [-0.39, 0.29) is 29.5 Å². The first-order chi connectivity index (χ1) is 20.3. The van der Waals surface area contributed by atoms with Crippen molar-refractivity contribution in [1.82, 2.24) is 20.2 Å². The molecule has 4 atom stereocenters. The van der Waals surface area contributed by atoms with Gasteiger partial charge in [-0.25, -0.2) is 14.4 Å². The van der Waals surface area contributed by atoms with Crippen molar-refractivity contribution >= 4 is 23.2 Å². The molecular formula is C29H35F4N7O3. The van der Waals surface area contributed by atoms with Crippen LogP contribution in [-0.4, -0.2) is 96.3 Å². The second kappa shape index (κ2) is 12.1. The number of benzene rings is 1. The van der Waals surface area contributed by atoms with E-state index in [0.717, 1.165) is 6.20 Å². The summed E-state index contributed by atoms with van der Waals surface area (Å²) in [7, 11) is 1.97. The molecule has 0 radical (unpaired) electrons. The number of alkyl halides is 3. The van der Waals surface area contributed by atoms with Gasteiger partial charge in [-0.05, 0) is 46.0 Å². The summed E-state index contributed by atoms with van der Waals surface area (Å²) >= 11 is 0. The maximum Gasteiger partial charge on any atom is 0.417 e. The molecule has 232 valence electrons. The molecule has 5 rings (SSSR count). The molecule has 2 saturated heterocycles. The number of ether oxygens (including phenoxy) is 1. The third-order valence-electron chi connectivity index (χ3n) is 7.85. The fourth-order valence-corrected chi connectivity index (χ4v) is 5.54. The second-order valence-corrected chi connectivity index (χ2v) is 11.3. The zero-order chi connectivity index (χ0) is 31.1. The van der Waals surface area contributed by atoms with Gasteiger partial charge in [-0.15, -0.1) is 0 Å². The van der Waals surface area contributed by atoms with Gasteiger partial charge in [0.15, 0.2) is 0 Å². The molecule has 10 nitrogen and oxygen atoms in total. The molecule has 2 fully saturated rings. The van der Waals surface area contributed by atoms with Gasteiger partial charge < -0.3 is 35.2 Å². The first kappa shape index (κ1) is 30.7. The van der Waals surface area contributed by atoms with Crippen molar-refractivity contribution in [1.29, 1.82) is 0 Å². The van der Waals surface area contributed by atoms with Crippen molar-refractivity contribution in [2.45, 2.75) is 51.4 Å². The minimum Gasteiger partial charge on any atom is -0.372 e. The number of morpholine rings is 1. The number of aliphatic hydroxyl groups is 1. The number of halogens is 4. The molecule has 1 aromatic heterocycles. The summed E-state index contributed by atoms with van der Waals surface area (Å²) in [6, 6.07) is 2.78. The minimum atomic E-state index is -4.88.